The molecule has 0 aliphatic rings. The molecule has 3 rings (SSSR count). The summed E-state index contributed by atoms with van der Waals surface area (Å²) in [6.45, 7) is 1.77. The summed E-state index contributed by atoms with van der Waals surface area (Å²) in [4.78, 5) is 36.6. The highest BCUT2D eigenvalue weighted by Crippen LogP contribution is 2.30. The average Bonchev–Trinajstić information content (AvgIpc) is 2.92. The summed E-state index contributed by atoms with van der Waals surface area (Å²) in [6.07, 6.45) is 1.30. The Kier molecular flexibility index (Phi) is 9.60. The molecule has 3 aromatic rings. The fourth-order valence-corrected chi connectivity index (χ4v) is 3.20. The van der Waals surface area contributed by atoms with Crippen molar-refractivity contribution in [2.24, 2.45) is 5.10 Å². The molecule has 0 heterocycles. The molecule has 0 unspecified atom stereocenters. The van der Waals surface area contributed by atoms with Crippen LogP contribution >= 0.6 is 0 Å². The molecule has 37 heavy (non-hydrogen) atoms. The van der Waals surface area contributed by atoms with Gasteiger partial charge in [0, 0.05) is 17.8 Å². The lowest BCUT2D eigenvalue weighted by Gasteiger charge is -2.13. The molecule has 0 spiro atoms. The predicted octanol–water partition coefficient (Wildman–Crippen LogP) is 2.80. The van der Waals surface area contributed by atoms with Crippen LogP contribution in [0.5, 0.6) is 17.2 Å². The summed E-state index contributed by atoms with van der Waals surface area (Å²) >= 11 is 0. The van der Waals surface area contributed by atoms with Gasteiger partial charge < -0.3 is 24.8 Å². The number of nitrogens with one attached hydrogen (secondary N) is 3. The molecule has 192 valence electrons. The number of ether oxygens (including phenoxy) is 3. The van der Waals surface area contributed by atoms with Gasteiger partial charge in [-0.3, -0.25) is 14.4 Å². The molecule has 0 saturated carbocycles. The predicted molar refractivity (Wildman–Crippen MR) is 139 cm³/mol. The molecule has 0 atom stereocenters. The van der Waals surface area contributed by atoms with Crippen molar-refractivity contribution in [3.63, 3.8) is 0 Å². The van der Waals surface area contributed by atoms with Crippen LogP contribution in [0.15, 0.2) is 71.8 Å². The summed E-state index contributed by atoms with van der Waals surface area (Å²) in [6, 6.07) is 19.5. The third-order valence-corrected chi connectivity index (χ3v) is 5.18. The van der Waals surface area contributed by atoms with Crippen molar-refractivity contribution in [1.82, 2.24) is 10.7 Å². The highest BCUT2D eigenvalue weighted by Gasteiger charge is 2.14. The third kappa shape index (κ3) is 7.82. The first kappa shape index (κ1) is 26.7. The number of amides is 3. The molecule has 0 radical (unpaired) electrons. The van der Waals surface area contributed by atoms with Crippen LogP contribution in [-0.4, -0.2) is 44.8 Å². The van der Waals surface area contributed by atoms with Crippen LogP contribution in [0.3, 0.4) is 0 Å². The SMILES string of the molecule is COc1ccc(CNC(=O)C(=O)N/N=C\c2cccc(OC)c2OCC(=O)Nc2ccccc2C)cc1. The van der Waals surface area contributed by atoms with Crippen molar-refractivity contribution in [1.29, 1.82) is 0 Å². The van der Waals surface area contributed by atoms with Crippen molar-refractivity contribution in [3.05, 3.63) is 83.4 Å². The monoisotopic (exact) mass is 504 g/mol. The van der Waals surface area contributed by atoms with E-state index in [9.17, 15) is 14.4 Å². The van der Waals surface area contributed by atoms with Gasteiger partial charge in [0.25, 0.3) is 5.91 Å². The highest BCUT2D eigenvalue weighted by molar-refractivity contribution is 6.35. The molecular formula is C27H28N4O6. The van der Waals surface area contributed by atoms with E-state index in [1.54, 1.807) is 55.6 Å². The van der Waals surface area contributed by atoms with E-state index >= 15 is 0 Å². The number of para-hydroxylation sites is 2. The standard InChI is InChI=1S/C27H28N4O6/c1-18-7-4-5-9-22(18)30-24(32)17-37-25-20(8-6-10-23(25)36-3)16-29-31-27(34)26(33)28-15-19-11-13-21(35-2)14-12-19/h4-14,16H,15,17H2,1-3H3,(H,28,33)(H,30,32)(H,31,34)/b29-16-. The minimum Gasteiger partial charge on any atom is -0.497 e. The van der Waals surface area contributed by atoms with Crippen LogP contribution in [0.1, 0.15) is 16.7 Å². The van der Waals surface area contributed by atoms with E-state index in [-0.39, 0.29) is 24.8 Å². The number of carbonyl (C=O) groups excluding carboxylic acids is 3. The average molecular weight is 505 g/mol. The van der Waals surface area contributed by atoms with Crippen LogP contribution in [0.2, 0.25) is 0 Å². The molecule has 0 aliphatic heterocycles. The van der Waals surface area contributed by atoms with Gasteiger partial charge in [-0.25, -0.2) is 5.43 Å². The second-order valence-corrected chi connectivity index (χ2v) is 7.76. The number of aryl methyl sites for hydroxylation is 1. The molecule has 0 bridgehead atoms. The molecule has 10 nitrogen and oxygen atoms in total. The second kappa shape index (κ2) is 13.3. The van der Waals surface area contributed by atoms with E-state index in [1.807, 2.05) is 25.1 Å². The van der Waals surface area contributed by atoms with Gasteiger partial charge in [-0.05, 0) is 48.4 Å². The number of hydrogen-bond donors (Lipinski definition) is 3. The van der Waals surface area contributed by atoms with Gasteiger partial charge in [-0.2, -0.15) is 5.10 Å². The highest BCUT2D eigenvalue weighted by atomic mass is 16.5. The summed E-state index contributed by atoms with van der Waals surface area (Å²) in [5, 5.41) is 9.15. The molecular weight excluding hydrogens is 476 g/mol. The fourth-order valence-electron chi connectivity index (χ4n) is 3.20. The van der Waals surface area contributed by atoms with E-state index in [1.165, 1.54) is 13.3 Å². The van der Waals surface area contributed by atoms with Crippen LogP contribution < -0.4 is 30.3 Å². The first-order valence-corrected chi connectivity index (χ1v) is 11.3. The Balaban J connectivity index is 1.57. The second-order valence-electron chi connectivity index (χ2n) is 7.76. The van der Waals surface area contributed by atoms with Gasteiger partial charge in [0.2, 0.25) is 0 Å². The topological polar surface area (TPSA) is 127 Å². The summed E-state index contributed by atoms with van der Waals surface area (Å²) < 4.78 is 16.1. The molecule has 0 aliphatic carbocycles. The lowest BCUT2D eigenvalue weighted by atomic mass is 10.2. The normalized spacial score (nSPS) is 10.5. The zero-order chi connectivity index (χ0) is 26.6. The molecule has 3 amide bonds. The molecule has 3 N–H and O–H groups in total. The van der Waals surface area contributed by atoms with Gasteiger partial charge in [-0.1, -0.05) is 36.4 Å². The van der Waals surface area contributed by atoms with Gasteiger partial charge >= 0.3 is 11.8 Å². The number of rotatable bonds is 10. The van der Waals surface area contributed by atoms with Crippen molar-refractivity contribution in [2.45, 2.75) is 13.5 Å². The molecule has 0 fully saturated rings. The van der Waals surface area contributed by atoms with Crippen molar-refractivity contribution >= 4 is 29.6 Å². The Morgan fingerprint density at radius 2 is 1.65 bits per heavy atom. The molecule has 10 heteroatoms. The van der Waals surface area contributed by atoms with Crippen LogP contribution in [0.4, 0.5) is 5.69 Å². The maximum absolute atomic E-state index is 12.4. The van der Waals surface area contributed by atoms with Gasteiger partial charge in [0.05, 0.1) is 20.4 Å². The largest absolute Gasteiger partial charge is 0.497 e. The van der Waals surface area contributed by atoms with Crippen molar-refractivity contribution in [2.75, 3.05) is 26.1 Å². The lowest BCUT2D eigenvalue weighted by molar-refractivity contribution is -0.139. The number of anilines is 1. The summed E-state index contributed by atoms with van der Waals surface area (Å²) in [5.74, 6) is -0.821. The Labute approximate surface area is 214 Å². The van der Waals surface area contributed by atoms with Crippen LogP contribution in [0, 0.1) is 6.92 Å². The van der Waals surface area contributed by atoms with Crippen molar-refractivity contribution < 1.29 is 28.6 Å². The smallest absolute Gasteiger partial charge is 0.329 e. The molecule has 0 saturated heterocycles. The molecule has 0 aromatic heterocycles. The Hall–Kier alpha value is -4.86. The number of methoxy groups -OCH3 is 2. The van der Waals surface area contributed by atoms with E-state index in [2.05, 4.69) is 21.2 Å². The first-order valence-electron chi connectivity index (χ1n) is 11.3. The number of hydrogen-bond acceptors (Lipinski definition) is 7. The van der Waals surface area contributed by atoms with E-state index < -0.39 is 11.8 Å². The van der Waals surface area contributed by atoms with E-state index in [4.69, 9.17) is 14.2 Å². The van der Waals surface area contributed by atoms with Gasteiger partial charge in [0.15, 0.2) is 18.1 Å². The molecule has 3 aromatic carbocycles. The number of benzene rings is 3. The van der Waals surface area contributed by atoms with Gasteiger partial charge in [0.1, 0.15) is 5.75 Å². The first-order chi connectivity index (χ1) is 17.9. The van der Waals surface area contributed by atoms with E-state index in [0.717, 1.165) is 11.1 Å². The van der Waals surface area contributed by atoms with Crippen LogP contribution in [0.25, 0.3) is 0 Å². The summed E-state index contributed by atoms with van der Waals surface area (Å²) in [5.41, 5.74) is 5.02. The van der Waals surface area contributed by atoms with E-state index in [0.29, 0.717) is 22.7 Å². The number of carbonyl (C=O) groups is 3. The Morgan fingerprint density at radius 3 is 2.35 bits per heavy atom. The maximum Gasteiger partial charge on any atom is 0.329 e. The Morgan fingerprint density at radius 1 is 0.892 bits per heavy atom. The summed E-state index contributed by atoms with van der Waals surface area (Å²) in [7, 11) is 3.03. The quantitative estimate of drug-likeness (QED) is 0.221. The number of nitrogens with zero attached hydrogens (tertiary/aromatic N) is 1. The van der Waals surface area contributed by atoms with Crippen LogP contribution in [-0.2, 0) is 20.9 Å². The Bertz CT molecular complexity index is 1270. The minimum atomic E-state index is -0.937. The zero-order valence-electron chi connectivity index (χ0n) is 20.7. The maximum atomic E-state index is 12.4. The van der Waals surface area contributed by atoms with Gasteiger partial charge in [-0.15, -0.1) is 0 Å². The zero-order valence-corrected chi connectivity index (χ0v) is 20.7. The lowest BCUT2D eigenvalue weighted by Crippen LogP contribution is -2.37. The van der Waals surface area contributed by atoms with Crippen molar-refractivity contribution in [3.8, 4) is 17.2 Å². The minimum absolute atomic E-state index is 0.165. The fraction of sp³-hybridized carbons (Fsp3) is 0.185. The third-order valence-electron chi connectivity index (χ3n) is 5.18. The number of hydrazone groups is 1.